The molecule has 0 radical (unpaired) electrons. The summed E-state index contributed by atoms with van der Waals surface area (Å²) in [6, 6.07) is 0. The molecule has 5 N–H and O–H groups in total. The third-order valence-corrected chi connectivity index (χ3v) is 6.26. The number of ketones is 1. The van der Waals surface area contributed by atoms with Gasteiger partial charge < -0.3 is 25.5 Å². The number of carbonyl (C=O) groups is 2. The Kier molecular flexibility index (Phi) is 14.6. The molecule has 0 aromatic rings. The van der Waals surface area contributed by atoms with Crippen LogP contribution >= 0.6 is 0 Å². The van der Waals surface area contributed by atoms with Crippen molar-refractivity contribution in [2.45, 2.75) is 96.2 Å². The predicted octanol–water partition coefficient (Wildman–Crippen LogP) is 5.00. The third kappa shape index (κ3) is 10.5. The summed E-state index contributed by atoms with van der Waals surface area (Å²) in [7, 11) is 0. The molecule has 1 aliphatic rings. The lowest BCUT2D eigenvalue weighted by Gasteiger charge is -2.26. The van der Waals surface area contributed by atoms with E-state index in [4.69, 9.17) is 10.2 Å². The zero-order valence-corrected chi connectivity index (χ0v) is 19.6. The average Bonchev–Trinajstić information content (AvgIpc) is 3.01. The quantitative estimate of drug-likeness (QED) is 0.108. The van der Waals surface area contributed by atoms with Crippen LogP contribution in [0.2, 0.25) is 0 Å². The first-order chi connectivity index (χ1) is 15.1. The molecule has 0 saturated heterocycles. The molecule has 0 amide bonds. The Morgan fingerprint density at radius 2 is 1.72 bits per heavy atom. The fourth-order valence-electron chi connectivity index (χ4n) is 4.21. The number of carboxylic acid groups (broad SMARTS) is 1. The number of aliphatic hydroxyl groups excluding tert-OH is 3. The van der Waals surface area contributed by atoms with Crippen LogP contribution in [0.25, 0.3) is 0 Å². The zero-order valence-electron chi connectivity index (χ0n) is 19.6. The molecule has 1 rings (SSSR count). The van der Waals surface area contributed by atoms with Crippen LogP contribution in [0.4, 0.5) is 0 Å². The van der Waals surface area contributed by atoms with E-state index in [2.05, 4.69) is 20.1 Å². The summed E-state index contributed by atoms with van der Waals surface area (Å²) in [5, 5.41) is 46.9. The first kappa shape index (κ1) is 29.9. The minimum atomic E-state index is -1.13. The Hall–Kier alpha value is -2.12. The number of aliphatic hydroxyl groups is 4. The number of rotatable bonds is 14. The fraction of sp³-hybridized carbons (Fsp3) is 0.680. The average molecular weight is 455 g/mol. The monoisotopic (exact) mass is 454 g/mol. The maximum Gasteiger partial charge on any atom is 0.334 e. The van der Waals surface area contributed by atoms with Crippen molar-refractivity contribution in [1.82, 2.24) is 0 Å². The first-order valence-electron chi connectivity index (χ1n) is 11.5. The number of hydrogen-bond acceptors (Lipinski definition) is 6. The predicted molar refractivity (Wildman–Crippen MR) is 125 cm³/mol. The summed E-state index contributed by atoms with van der Waals surface area (Å²) in [4.78, 5) is 23.2. The molecule has 0 aromatic carbocycles. The lowest BCUT2D eigenvalue weighted by Crippen LogP contribution is -2.27. The van der Waals surface area contributed by atoms with Gasteiger partial charge in [-0.05, 0) is 51.4 Å². The summed E-state index contributed by atoms with van der Waals surface area (Å²) in [6.45, 7) is 10.1. The number of aliphatic carboxylic acids is 1. The van der Waals surface area contributed by atoms with Crippen molar-refractivity contribution in [3.8, 4) is 0 Å². The van der Waals surface area contributed by atoms with Gasteiger partial charge in [-0.3, -0.25) is 4.79 Å². The van der Waals surface area contributed by atoms with Gasteiger partial charge in [0.1, 0.15) is 11.5 Å². The van der Waals surface area contributed by atoms with E-state index in [-0.39, 0.29) is 41.8 Å². The summed E-state index contributed by atoms with van der Waals surface area (Å²) >= 11 is 0. The molecule has 1 fully saturated rings. The van der Waals surface area contributed by atoms with Crippen LogP contribution in [0.1, 0.15) is 84.5 Å². The van der Waals surface area contributed by atoms with Gasteiger partial charge in [0.05, 0.1) is 23.5 Å². The van der Waals surface area contributed by atoms with Crippen LogP contribution in [-0.2, 0) is 9.59 Å². The van der Waals surface area contributed by atoms with Gasteiger partial charge in [0.15, 0.2) is 0 Å². The van der Waals surface area contributed by atoms with Gasteiger partial charge in [-0.25, -0.2) is 4.79 Å². The number of carboxylic acids is 1. The van der Waals surface area contributed by atoms with Crippen LogP contribution in [0.3, 0.4) is 0 Å². The number of unbranched alkanes of at least 4 members (excludes halogenated alkanes) is 2. The molecule has 7 heteroatoms. The third-order valence-electron chi connectivity index (χ3n) is 6.26. The number of allylic oxidation sites excluding steroid dienone is 1. The molecular weight excluding hydrogens is 412 g/mol. The molecule has 0 heterocycles. The largest absolute Gasteiger partial charge is 0.516 e. The fourth-order valence-corrected chi connectivity index (χ4v) is 4.21. The van der Waals surface area contributed by atoms with Gasteiger partial charge in [0, 0.05) is 18.8 Å². The topological polar surface area (TPSA) is 135 Å². The van der Waals surface area contributed by atoms with E-state index < -0.39 is 17.7 Å². The number of hydrogen-bond donors (Lipinski definition) is 5. The van der Waals surface area contributed by atoms with E-state index in [9.17, 15) is 24.9 Å². The molecule has 7 nitrogen and oxygen atoms in total. The Morgan fingerprint density at radius 3 is 2.25 bits per heavy atom. The van der Waals surface area contributed by atoms with Crippen LogP contribution < -0.4 is 0 Å². The molecule has 0 spiro atoms. The van der Waals surface area contributed by atoms with Crippen molar-refractivity contribution in [3.05, 3.63) is 36.8 Å². The number of carbonyl (C=O) groups excluding carboxylic acids is 1. The zero-order chi connectivity index (χ0) is 24.7. The highest BCUT2D eigenvalue weighted by Gasteiger charge is 2.40. The second-order valence-corrected chi connectivity index (χ2v) is 8.62. The van der Waals surface area contributed by atoms with Gasteiger partial charge in [0.25, 0.3) is 0 Å². The molecular formula is C25H42O7. The summed E-state index contributed by atoms with van der Waals surface area (Å²) < 4.78 is 0. The first-order valence-corrected chi connectivity index (χ1v) is 11.5. The lowest BCUT2D eigenvalue weighted by molar-refractivity contribution is -0.132. The summed E-state index contributed by atoms with van der Waals surface area (Å²) in [5.41, 5.74) is -0.932. The van der Waals surface area contributed by atoms with Gasteiger partial charge in [-0.1, -0.05) is 38.8 Å². The molecule has 32 heavy (non-hydrogen) atoms. The molecule has 0 aromatic heterocycles. The van der Waals surface area contributed by atoms with Gasteiger partial charge >= 0.3 is 5.97 Å². The highest BCUT2D eigenvalue weighted by atomic mass is 16.4. The van der Waals surface area contributed by atoms with Crippen molar-refractivity contribution in [1.29, 1.82) is 0 Å². The number of Topliss-reactive ketones (excluding diaryl/α,β-unsaturated/α-hetero) is 1. The van der Waals surface area contributed by atoms with Crippen molar-refractivity contribution in [3.63, 3.8) is 0 Å². The molecule has 0 aliphatic heterocycles. The van der Waals surface area contributed by atoms with Gasteiger partial charge in [-0.15, -0.1) is 6.58 Å². The van der Waals surface area contributed by atoms with Crippen molar-refractivity contribution >= 4 is 11.8 Å². The van der Waals surface area contributed by atoms with Crippen LogP contribution in [0.5, 0.6) is 0 Å². The highest BCUT2D eigenvalue weighted by molar-refractivity contribution is 5.86. The van der Waals surface area contributed by atoms with E-state index in [1.807, 2.05) is 0 Å². The van der Waals surface area contributed by atoms with E-state index in [0.717, 1.165) is 25.5 Å². The Morgan fingerprint density at radius 1 is 1.12 bits per heavy atom. The molecule has 1 unspecified atom stereocenters. The summed E-state index contributed by atoms with van der Waals surface area (Å²) in [6.07, 6.45) is 8.67. The van der Waals surface area contributed by atoms with Gasteiger partial charge in [-0.2, -0.15) is 0 Å². The maximum absolute atomic E-state index is 12.3. The normalized spacial score (nSPS) is 22.9. The van der Waals surface area contributed by atoms with Crippen LogP contribution in [-0.4, -0.2) is 49.0 Å². The van der Waals surface area contributed by atoms with E-state index >= 15 is 0 Å². The van der Waals surface area contributed by atoms with Crippen molar-refractivity contribution in [2.24, 2.45) is 11.8 Å². The standard InChI is InChI=1S/C23H38O6.C2H4O/c1-4-6-13-23(29,5-2)14-9-11-18-17(20(25)15-21(18)26)10-7-8-12-19(24)16(3)22(27)28;1-2-3/h5,17-18,21,24,26,29H,2,4,6-15H2,1,3H3,(H,27,28);2-3H,1H2/t17-,18-,21-,23?;/m1./s1. The van der Waals surface area contributed by atoms with Gasteiger partial charge in [0.2, 0.25) is 0 Å². The van der Waals surface area contributed by atoms with E-state index in [0.29, 0.717) is 38.5 Å². The maximum atomic E-state index is 12.3. The minimum Gasteiger partial charge on any atom is -0.516 e. The summed E-state index contributed by atoms with van der Waals surface area (Å²) in [5.74, 6) is -1.48. The smallest absolute Gasteiger partial charge is 0.334 e. The van der Waals surface area contributed by atoms with Crippen LogP contribution in [0.15, 0.2) is 36.8 Å². The SMILES string of the molecule is C=CC(O)(CCCC)CCC[C@H]1[C@H](O)CC(=O)[C@@H]1CCCCC(O)=C(C)C(=O)O.C=CO. The second kappa shape index (κ2) is 15.6. The van der Waals surface area contributed by atoms with Crippen LogP contribution in [0, 0.1) is 11.8 Å². The Labute approximate surface area is 192 Å². The molecule has 1 aliphatic carbocycles. The molecule has 1 saturated carbocycles. The Balaban J connectivity index is 0.00000302. The van der Waals surface area contributed by atoms with E-state index in [1.54, 1.807) is 6.08 Å². The molecule has 4 atom stereocenters. The van der Waals surface area contributed by atoms with Crippen molar-refractivity contribution < 1.29 is 35.1 Å². The minimum absolute atomic E-state index is 0.0481. The molecule has 0 bridgehead atoms. The molecule has 184 valence electrons. The lowest BCUT2D eigenvalue weighted by atomic mass is 9.83. The highest BCUT2D eigenvalue weighted by Crippen LogP contribution is 2.37. The second-order valence-electron chi connectivity index (χ2n) is 8.62. The Bertz CT molecular complexity index is 640. The van der Waals surface area contributed by atoms with E-state index in [1.165, 1.54) is 6.92 Å². The van der Waals surface area contributed by atoms with Crippen molar-refractivity contribution in [2.75, 3.05) is 0 Å².